The van der Waals surface area contributed by atoms with E-state index in [9.17, 15) is 14.4 Å². The van der Waals surface area contributed by atoms with E-state index in [-0.39, 0.29) is 19.1 Å². The van der Waals surface area contributed by atoms with Crippen molar-refractivity contribution in [1.29, 1.82) is 0 Å². The highest BCUT2D eigenvalue weighted by Crippen LogP contribution is 2.36. The summed E-state index contributed by atoms with van der Waals surface area (Å²) in [6.07, 6.45) is 1.81. The van der Waals surface area contributed by atoms with Crippen molar-refractivity contribution in [3.05, 3.63) is 74.7 Å². The summed E-state index contributed by atoms with van der Waals surface area (Å²) in [5.41, 5.74) is 5.06. The fourth-order valence-corrected chi connectivity index (χ4v) is 4.41. The van der Waals surface area contributed by atoms with Crippen LogP contribution in [0.5, 0.6) is 23.0 Å². The predicted molar refractivity (Wildman–Crippen MR) is 163 cm³/mol. The van der Waals surface area contributed by atoms with Gasteiger partial charge in [0.2, 0.25) is 0 Å². The number of aryl methyl sites for hydroxylation is 1. The molecule has 222 valence electrons. The van der Waals surface area contributed by atoms with Crippen LogP contribution in [0.1, 0.15) is 16.7 Å². The van der Waals surface area contributed by atoms with E-state index < -0.39 is 11.8 Å². The number of methoxy groups -OCH3 is 3. The van der Waals surface area contributed by atoms with E-state index in [1.807, 2.05) is 13.0 Å². The summed E-state index contributed by atoms with van der Waals surface area (Å²) in [7, 11) is 4.53. The van der Waals surface area contributed by atoms with Gasteiger partial charge in [0.05, 0.1) is 32.0 Å². The number of ether oxygens (including phenoxy) is 4. The van der Waals surface area contributed by atoms with Crippen LogP contribution in [0, 0.1) is 6.92 Å². The van der Waals surface area contributed by atoms with Crippen LogP contribution >= 0.6 is 27.5 Å². The molecule has 0 aliphatic carbocycles. The van der Waals surface area contributed by atoms with E-state index in [1.54, 1.807) is 49.6 Å². The van der Waals surface area contributed by atoms with Crippen LogP contribution in [0.3, 0.4) is 0 Å². The molecule has 0 radical (unpaired) electrons. The third kappa shape index (κ3) is 9.11. The Hall–Kier alpha value is -4.29. The topological polar surface area (TPSA) is 137 Å². The molecule has 0 aliphatic rings. The average Bonchev–Trinajstić information content (AvgIpc) is 2.97. The van der Waals surface area contributed by atoms with Gasteiger partial charge in [-0.15, -0.1) is 0 Å². The van der Waals surface area contributed by atoms with Crippen LogP contribution in [0.2, 0.25) is 5.02 Å². The van der Waals surface area contributed by atoms with Gasteiger partial charge < -0.3 is 29.6 Å². The molecule has 0 fully saturated rings. The van der Waals surface area contributed by atoms with Crippen LogP contribution in [-0.4, -0.2) is 58.4 Å². The summed E-state index contributed by atoms with van der Waals surface area (Å²) in [6, 6.07) is 13.8. The van der Waals surface area contributed by atoms with Crippen LogP contribution in [0.15, 0.2) is 58.1 Å². The van der Waals surface area contributed by atoms with Crippen molar-refractivity contribution in [3.63, 3.8) is 0 Å². The third-order valence-corrected chi connectivity index (χ3v) is 6.63. The number of anilines is 1. The molecule has 0 saturated heterocycles. The zero-order valence-corrected chi connectivity index (χ0v) is 25.7. The van der Waals surface area contributed by atoms with Crippen LogP contribution in [-0.2, 0) is 20.8 Å². The first-order valence-electron chi connectivity index (χ1n) is 12.5. The van der Waals surface area contributed by atoms with Crippen molar-refractivity contribution in [2.75, 3.05) is 39.8 Å². The third-order valence-electron chi connectivity index (χ3n) is 5.81. The fourth-order valence-electron chi connectivity index (χ4n) is 3.66. The smallest absolute Gasteiger partial charge is 0.329 e. The number of halogens is 2. The Labute approximate surface area is 256 Å². The lowest BCUT2D eigenvalue weighted by Gasteiger charge is -2.14. The standard InChI is InChI=1S/C29H30BrClN4O7/c1-17-5-7-20(31)14-22(17)34-26(36)16-42-27-21(30)11-19(13-25(27)41-4)15-33-35-29(38)28(37)32-10-9-18-6-8-23(39-2)24(12-18)40-3/h5-8,11-15H,9-10,16H2,1-4H3,(H,32,37)(H,34,36)(H,35,38)/b33-15-. The Bertz CT molecular complexity index is 1480. The van der Waals surface area contributed by atoms with Crippen LogP contribution in [0.4, 0.5) is 5.69 Å². The summed E-state index contributed by atoms with van der Waals surface area (Å²) in [5.74, 6) is -0.355. The van der Waals surface area contributed by atoms with Gasteiger partial charge in [0, 0.05) is 17.3 Å². The Balaban J connectivity index is 1.51. The molecule has 3 aromatic carbocycles. The first kappa shape index (κ1) is 32.2. The number of hydrazone groups is 1. The van der Waals surface area contributed by atoms with Gasteiger partial charge >= 0.3 is 11.8 Å². The number of benzene rings is 3. The molecule has 0 unspecified atom stereocenters. The molecule has 3 N–H and O–H groups in total. The maximum Gasteiger partial charge on any atom is 0.329 e. The molecular formula is C29H30BrClN4O7. The highest BCUT2D eigenvalue weighted by Gasteiger charge is 2.15. The maximum atomic E-state index is 12.4. The van der Waals surface area contributed by atoms with E-state index >= 15 is 0 Å². The molecule has 11 nitrogen and oxygen atoms in total. The minimum Gasteiger partial charge on any atom is -0.493 e. The zero-order chi connectivity index (χ0) is 30.6. The van der Waals surface area contributed by atoms with E-state index in [4.69, 9.17) is 30.5 Å². The van der Waals surface area contributed by atoms with Crippen molar-refractivity contribution < 1.29 is 33.3 Å². The Morgan fingerprint density at radius 1 is 0.929 bits per heavy atom. The largest absolute Gasteiger partial charge is 0.493 e. The molecule has 42 heavy (non-hydrogen) atoms. The summed E-state index contributed by atoms with van der Waals surface area (Å²) in [5, 5.41) is 9.65. The molecular weight excluding hydrogens is 632 g/mol. The number of nitrogens with zero attached hydrogens (tertiary/aromatic N) is 1. The van der Waals surface area contributed by atoms with Crippen molar-refractivity contribution in [1.82, 2.24) is 10.7 Å². The second kappa shape index (κ2) is 15.6. The zero-order valence-electron chi connectivity index (χ0n) is 23.4. The van der Waals surface area contributed by atoms with Gasteiger partial charge in [-0.3, -0.25) is 14.4 Å². The van der Waals surface area contributed by atoms with Crippen molar-refractivity contribution in [2.24, 2.45) is 5.10 Å². The van der Waals surface area contributed by atoms with E-state index in [0.717, 1.165) is 11.1 Å². The minimum atomic E-state index is -0.925. The van der Waals surface area contributed by atoms with E-state index in [2.05, 4.69) is 37.1 Å². The summed E-state index contributed by atoms with van der Waals surface area (Å²) in [6.45, 7) is 1.79. The Kier molecular flexibility index (Phi) is 12.0. The summed E-state index contributed by atoms with van der Waals surface area (Å²) in [4.78, 5) is 36.7. The van der Waals surface area contributed by atoms with Crippen molar-refractivity contribution in [3.8, 4) is 23.0 Å². The van der Waals surface area contributed by atoms with Gasteiger partial charge in [-0.2, -0.15) is 5.10 Å². The number of carbonyl (C=O) groups is 3. The monoisotopic (exact) mass is 660 g/mol. The molecule has 0 atom stereocenters. The number of carbonyl (C=O) groups excluding carboxylic acids is 3. The van der Waals surface area contributed by atoms with Gasteiger partial charge in [0.1, 0.15) is 0 Å². The van der Waals surface area contributed by atoms with Gasteiger partial charge in [0.15, 0.2) is 29.6 Å². The van der Waals surface area contributed by atoms with Crippen LogP contribution in [0.25, 0.3) is 0 Å². The Morgan fingerprint density at radius 3 is 2.38 bits per heavy atom. The second-order valence-corrected chi connectivity index (χ2v) is 10.0. The van der Waals surface area contributed by atoms with Crippen LogP contribution < -0.4 is 35.0 Å². The molecule has 0 aromatic heterocycles. The lowest BCUT2D eigenvalue weighted by Crippen LogP contribution is -2.38. The van der Waals surface area contributed by atoms with E-state index in [1.165, 1.54) is 20.4 Å². The molecule has 3 aromatic rings. The van der Waals surface area contributed by atoms with Gasteiger partial charge in [-0.05, 0) is 82.4 Å². The maximum absolute atomic E-state index is 12.4. The minimum absolute atomic E-state index is 0.230. The van der Waals surface area contributed by atoms with Gasteiger partial charge in [0.25, 0.3) is 5.91 Å². The highest BCUT2D eigenvalue weighted by molar-refractivity contribution is 9.10. The molecule has 0 spiro atoms. The summed E-state index contributed by atoms with van der Waals surface area (Å²) >= 11 is 9.41. The Morgan fingerprint density at radius 2 is 1.67 bits per heavy atom. The van der Waals surface area contributed by atoms with Crippen molar-refractivity contribution in [2.45, 2.75) is 13.3 Å². The molecule has 0 saturated carbocycles. The van der Waals surface area contributed by atoms with Gasteiger partial charge in [-0.25, -0.2) is 5.43 Å². The number of rotatable bonds is 12. The molecule has 0 heterocycles. The number of nitrogens with one attached hydrogen (secondary N) is 3. The first-order chi connectivity index (χ1) is 20.1. The molecule has 3 rings (SSSR count). The number of hydrogen-bond donors (Lipinski definition) is 3. The number of hydrogen-bond acceptors (Lipinski definition) is 8. The lowest BCUT2D eigenvalue weighted by atomic mass is 10.1. The normalized spacial score (nSPS) is 10.6. The quantitative estimate of drug-likeness (QED) is 0.150. The first-order valence-corrected chi connectivity index (χ1v) is 13.7. The lowest BCUT2D eigenvalue weighted by molar-refractivity contribution is -0.139. The average molecular weight is 662 g/mol. The SMILES string of the molecule is COc1ccc(CCNC(=O)C(=O)N/N=C\c2cc(Br)c(OCC(=O)Nc3cc(Cl)ccc3C)c(OC)c2)cc1OC. The molecule has 0 bridgehead atoms. The second-order valence-electron chi connectivity index (χ2n) is 8.72. The van der Waals surface area contributed by atoms with Gasteiger partial charge in [-0.1, -0.05) is 23.7 Å². The van der Waals surface area contributed by atoms with E-state index in [0.29, 0.717) is 50.2 Å². The van der Waals surface area contributed by atoms with Crippen molar-refractivity contribution >= 4 is 57.2 Å². The predicted octanol–water partition coefficient (Wildman–Crippen LogP) is 4.26. The molecule has 0 aliphatic heterocycles. The fraction of sp³-hybridized carbons (Fsp3) is 0.241. The highest BCUT2D eigenvalue weighted by atomic mass is 79.9. The molecule has 3 amide bonds. The molecule has 13 heteroatoms. The number of amides is 3. The summed E-state index contributed by atoms with van der Waals surface area (Å²) < 4.78 is 22.0.